The summed E-state index contributed by atoms with van der Waals surface area (Å²) in [7, 11) is 0. The molecule has 3 amide bonds. The number of piperidine rings is 1. The molecule has 0 aliphatic carbocycles. The van der Waals surface area contributed by atoms with Crippen LogP contribution in [0, 0.1) is 11.8 Å². The molecule has 31 heavy (non-hydrogen) atoms. The first-order chi connectivity index (χ1) is 14.9. The Balaban J connectivity index is 1.78. The summed E-state index contributed by atoms with van der Waals surface area (Å²) >= 11 is 0. The third-order valence-corrected chi connectivity index (χ3v) is 5.97. The van der Waals surface area contributed by atoms with Gasteiger partial charge in [0.1, 0.15) is 6.04 Å². The van der Waals surface area contributed by atoms with Crippen molar-refractivity contribution in [1.82, 2.24) is 10.2 Å². The van der Waals surface area contributed by atoms with Gasteiger partial charge in [0.15, 0.2) is 0 Å². The van der Waals surface area contributed by atoms with E-state index in [0.29, 0.717) is 25.9 Å². The van der Waals surface area contributed by atoms with Gasteiger partial charge in [0, 0.05) is 19.0 Å². The Bertz CT molecular complexity index is 851. The Labute approximate surface area is 183 Å². The van der Waals surface area contributed by atoms with Gasteiger partial charge >= 0.3 is 0 Å². The minimum atomic E-state index is -0.632. The topological polar surface area (TPSA) is 92.5 Å². The molecular weight excluding hydrogens is 390 g/mol. The van der Waals surface area contributed by atoms with Crippen LogP contribution in [0.2, 0.25) is 0 Å². The van der Waals surface area contributed by atoms with Gasteiger partial charge in [0.2, 0.25) is 17.7 Å². The number of likely N-dealkylation sites (tertiary alicyclic amines) is 1. The molecule has 2 aromatic carbocycles. The second-order valence-electron chi connectivity index (χ2n) is 8.49. The minimum absolute atomic E-state index is 0.0717. The highest BCUT2D eigenvalue weighted by atomic mass is 16.2. The van der Waals surface area contributed by atoms with Crippen molar-refractivity contribution in [3.63, 3.8) is 0 Å². The SMILES string of the molecule is CC(C)C(NC(=O)C(c1ccccc1)c1ccccc1)C(=O)N1CCC(C(N)=O)CC1. The number of amides is 3. The molecule has 0 radical (unpaired) electrons. The molecule has 1 saturated heterocycles. The molecule has 0 bridgehead atoms. The lowest BCUT2D eigenvalue weighted by molar-refractivity contribution is -0.140. The molecule has 2 aromatic rings. The van der Waals surface area contributed by atoms with Crippen LogP contribution in [0.3, 0.4) is 0 Å². The summed E-state index contributed by atoms with van der Waals surface area (Å²) in [5.41, 5.74) is 7.16. The van der Waals surface area contributed by atoms with Gasteiger partial charge in [0.05, 0.1) is 5.92 Å². The van der Waals surface area contributed by atoms with Gasteiger partial charge in [-0.1, -0.05) is 74.5 Å². The van der Waals surface area contributed by atoms with E-state index in [1.54, 1.807) is 4.90 Å². The van der Waals surface area contributed by atoms with Crippen LogP contribution in [0.5, 0.6) is 0 Å². The minimum Gasteiger partial charge on any atom is -0.369 e. The number of hydrogen-bond acceptors (Lipinski definition) is 3. The fourth-order valence-electron chi connectivity index (χ4n) is 4.12. The summed E-state index contributed by atoms with van der Waals surface area (Å²) in [4.78, 5) is 39.9. The Morgan fingerprint density at radius 2 is 1.39 bits per heavy atom. The van der Waals surface area contributed by atoms with E-state index in [2.05, 4.69) is 5.32 Å². The third-order valence-electron chi connectivity index (χ3n) is 5.97. The maximum Gasteiger partial charge on any atom is 0.245 e. The van der Waals surface area contributed by atoms with Crippen molar-refractivity contribution in [3.05, 3.63) is 71.8 Å². The first-order valence-electron chi connectivity index (χ1n) is 10.9. The molecule has 1 atom stereocenters. The average molecular weight is 422 g/mol. The smallest absolute Gasteiger partial charge is 0.245 e. The molecule has 6 nitrogen and oxygen atoms in total. The highest BCUT2D eigenvalue weighted by Gasteiger charge is 2.34. The number of hydrogen-bond donors (Lipinski definition) is 2. The normalized spacial score (nSPS) is 15.7. The van der Waals surface area contributed by atoms with Gasteiger partial charge in [-0.05, 0) is 29.9 Å². The number of carbonyl (C=O) groups excluding carboxylic acids is 3. The molecule has 164 valence electrons. The first-order valence-corrected chi connectivity index (χ1v) is 10.9. The average Bonchev–Trinajstić information content (AvgIpc) is 2.78. The molecule has 0 aromatic heterocycles. The van der Waals surface area contributed by atoms with Crippen LogP contribution in [-0.4, -0.2) is 41.8 Å². The van der Waals surface area contributed by atoms with Crippen LogP contribution in [0.15, 0.2) is 60.7 Å². The monoisotopic (exact) mass is 421 g/mol. The summed E-state index contributed by atoms with van der Waals surface area (Å²) in [6.45, 7) is 4.82. The van der Waals surface area contributed by atoms with E-state index in [4.69, 9.17) is 5.73 Å². The van der Waals surface area contributed by atoms with E-state index in [1.165, 1.54) is 0 Å². The largest absolute Gasteiger partial charge is 0.369 e. The van der Waals surface area contributed by atoms with Crippen LogP contribution >= 0.6 is 0 Å². The van der Waals surface area contributed by atoms with Crippen molar-refractivity contribution in [1.29, 1.82) is 0 Å². The van der Waals surface area contributed by atoms with Gasteiger partial charge in [-0.2, -0.15) is 0 Å². The maximum atomic E-state index is 13.4. The van der Waals surface area contributed by atoms with Crippen LogP contribution in [0.25, 0.3) is 0 Å². The second kappa shape index (κ2) is 10.2. The van der Waals surface area contributed by atoms with E-state index in [-0.39, 0.29) is 29.6 Å². The number of nitrogens with two attached hydrogens (primary N) is 1. The fraction of sp³-hybridized carbons (Fsp3) is 0.400. The van der Waals surface area contributed by atoms with E-state index in [9.17, 15) is 14.4 Å². The maximum absolute atomic E-state index is 13.4. The second-order valence-corrected chi connectivity index (χ2v) is 8.49. The molecule has 1 aliphatic rings. The highest BCUT2D eigenvalue weighted by molar-refractivity contribution is 5.92. The van der Waals surface area contributed by atoms with Crippen molar-refractivity contribution in [2.24, 2.45) is 17.6 Å². The summed E-state index contributed by atoms with van der Waals surface area (Å²) in [6, 6.07) is 18.6. The lowest BCUT2D eigenvalue weighted by atomic mass is 9.89. The van der Waals surface area contributed by atoms with E-state index in [0.717, 1.165) is 11.1 Å². The lowest BCUT2D eigenvalue weighted by Crippen LogP contribution is -2.54. The molecule has 1 fully saturated rings. The van der Waals surface area contributed by atoms with Gasteiger partial charge in [-0.15, -0.1) is 0 Å². The molecule has 1 heterocycles. The van der Waals surface area contributed by atoms with Crippen molar-refractivity contribution in [2.75, 3.05) is 13.1 Å². The number of carbonyl (C=O) groups is 3. The Hall–Kier alpha value is -3.15. The number of nitrogens with one attached hydrogen (secondary N) is 1. The number of benzene rings is 2. The first kappa shape index (κ1) is 22.5. The lowest BCUT2D eigenvalue weighted by Gasteiger charge is -2.35. The Kier molecular flexibility index (Phi) is 7.45. The number of nitrogens with zero attached hydrogens (tertiary/aromatic N) is 1. The van der Waals surface area contributed by atoms with E-state index < -0.39 is 12.0 Å². The van der Waals surface area contributed by atoms with Crippen LogP contribution < -0.4 is 11.1 Å². The van der Waals surface area contributed by atoms with E-state index in [1.807, 2.05) is 74.5 Å². The highest BCUT2D eigenvalue weighted by Crippen LogP contribution is 2.26. The molecule has 0 spiro atoms. The van der Waals surface area contributed by atoms with Crippen molar-refractivity contribution in [2.45, 2.75) is 38.6 Å². The molecule has 1 unspecified atom stereocenters. The number of primary amides is 1. The zero-order valence-corrected chi connectivity index (χ0v) is 18.2. The summed E-state index contributed by atoms with van der Waals surface area (Å²) in [5.74, 6) is -1.37. The third kappa shape index (κ3) is 5.51. The van der Waals surface area contributed by atoms with Crippen molar-refractivity contribution < 1.29 is 14.4 Å². The summed E-state index contributed by atoms with van der Waals surface area (Å²) < 4.78 is 0. The quantitative estimate of drug-likeness (QED) is 0.720. The van der Waals surface area contributed by atoms with Gasteiger partial charge in [-0.25, -0.2) is 0 Å². The van der Waals surface area contributed by atoms with Crippen LogP contribution in [0.4, 0.5) is 0 Å². The molecular formula is C25H31N3O3. The standard InChI is InChI=1S/C25H31N3O3/c1-17(2)22(25(31)28-15-13-20(14-16-28)23(26)29)27-24(30)21(18-9-5-3-6-10-18)19-11-7-4-8-12-19/h3-12,17,20-22H,13-16H2,1-2H3,(H2,26,29)(H,27,30). The zero-order chi connectivity index (χ0) is 22.4. The molecule has 6 heteroatoms. The zero-order valence-electron chi connectivity index (χ0n) is 18.2. The Morgan fingerprint density at radius 1 is 0.903 bits per heavy atom. The summed E-state index contributed by atoms with van der Waals surface area (Å²) in [5, 5.41) is 3.02. The van der Waals surface area contributed by atoms with E-state index >= 15 is 0 Å². The predicted octanol–water partition coefficient (Wildman–Crippen LogP) is 2.68. The van der Waals surface area contributed by atoms with Gasteiger partial charge < -0.3 is 16.0 Å². The molecule has 3 N–H and O–H groups in total. The van der Waals surface area contributed by atoms with Crippen molar-refractivity contribution in [3.8, 4) is 0 Å². The molecule has 3 rings (SSSR count). The van der Waals surface area contributed by atoms with Crippen LogP contribution in [-0.2, 0) is 14.4 Å². The predicted molar refractivity (Wildman–Crippen MR) is 120 cm³/mol. The van der Waals surface area contributed by atoms with Crippen LogP contribution in [0.1, 0.15) is 43.7 Å². The summed E-state index contributed by atoms with van der Waals surface area (Å²) in [6.07, 6.45) is 1.13. The molecule has 0 saturated carbocycles. The van der Waals surface area contributed by atoms with Gasteiger partial charge in [0.25, 0.3) is 0 Å². The van der Waals surface area contributed by atoms with Gasteiger partial charge in [-0.3, -0.25) is 14.4 Å². The van der Waals surface area contributed by atoms with Crippen molar-refractivity contribution >= 4 is 17.7 Å². The Morgan fingerprint density at radius 3 is 1.81 bits per heavy atom. The fourth-order valence-corrected chi connectivity index (χ4v) is 4.12. The number of rotatable bonds is 7. The molecule has 1 aliphatic heterocycles.